The maximum atomic E-state index is 11.4. The van der Waals surface area contributed by atoms with Gasteiger partial charge in [-0.2, -0.15) is 0 Å². The second kappa shape index (κ2) is 6.83. The first-order valence-corrected chi connectivity index (χ1v) is 7.53. The molecule has 0 unspecified atom stereocenters. The van der Waals surface area contributed by atoms with Crippen LogP contribution in [-0.2, 0) is 14.3 Å². The number of aldehydes is 1. The van der Waals surface area contributed by atoms with Gasteiger partial charge in [-0.3, -0.25) is 0 Å². The van der Waals surface area contributed by atoms with Crippen molar-refractivity contribution in [2.24, 2.45) is 23.7 Å². The van der Waals surface area contributed by atoms with Gasteiger partial charge in [0.15, 0.2) is 12.6 Å². The molecule has 1 heterocycles. The Hall–Kier alpha value is -0.710. The van der Waals surface area contributed by atoms with Gasteiger partial charge >= 0.3 is 0 Å². The molecule has 1 aliphatic carbocycles. The zero-order valence-electron chi connectivity index (χ0n) is 12.6. The maximum Gasteiger partial charge on any atom is 0.163 e. The summed E-state index contributed by atoms with van der Waals surface area (Å²) in [7, 11) is 1.61. The Morgan fingerprint density at radius 2 is 2.20 bits per heavy atom. The molecule has 0 bridgehead atoms. The zero-order valence-corrected chi connectivity index (χ0v) is 12.6. The van der Waals surface area contributed by atoms with Gasteiger partial charge in [-0.15, -0.1) is 0 Å². The summed E-state index contributed by atoms with van der Waals surface area (Å²) in [5.41, 5.74) is 1.28. The van der Waals surface area contributed by atoms with Crippen molar-refractivity contribution in [3.63, 3.8) is 0 Å². The van der Waals surface area contributed by atoms with Crippen LogP contribution in [0.15, 0.2) is 11.6 Å². The number of carbonyl (C=O) groups excluding carboxylic acids is 1. The van der Waals surface area contributed by atoms with Gasteiger partial charge in [0, 0.05) is 24.9 Å². The number of aliphatic hydroxyl groups is 1. The fraction of sp³-hybridized carbons (Fsp3) is 0.812. The van der Waals surface area contributed by atoms with Crippen molar-refractivity contribution in [2.45, 2.75) is 52.1 Å². The van der Waals surface area contributed by atoms with E-state index in [0.29, 0.717) is 0 Å². The van der Waals surface area contributed by atoms with Crippen molar-refractivity contribution in [3.8, 4) is 0 Å². The fourth-order valence-corrected chi connectivity index (χ4v) is 3.83. The molecule has 1 aliphatic heterocycles. The van der Waals surface area contributed by atoms with Gasteiger partial charge < -0.3 is 19.4 Å². The minimum atomic E-state index is -0.789. The molecule has 0 radical (unpaired) electrons. The highest BCUT2D eigenvalue weighted by Crippen LogP contribution is 2.50. The molecule has 1 saturated heterocycles. The second-order valence-electron chi connectivity index (χ2n) is 6.27. The number of carbonyl (C=O) groups is 1. The molecule has 2 fully saturated rings. The topological polar surface area (TPSA) is 55.8 Å². The van der Waals surface area contributed by atoms with Crippen LogP contribution in [0.4, 0.5) is 0 Å². The van der Waals surface area contributed by atoms with Crippen molar-refractivity contribution in [3.05, 3.63) is 11.6 Å². The molecule has 2 aliphatic rings. The predicted molar refractivity (Wildman–Crippen MR) is 75.8 cm³/mol. The lowest BCUT2D eigenvalue weighted by Gasteiger charge is -2.25. The monoisotopic (exact) mass is 282 g/mol. The van der Waals surface area contributed by atoms with E-state index in [4.69, 9.17) is 9.47 Å². The highest BCUT2D eigenvalue weighted by atomic mass is 16.7. The lowest BCUT2D eigenvalue weighted by molar-refractivity contribution is -0.192. The van der Waals surface area contributed by atoms with Crippen LogP contribution in [0.3, 0.4) is 0 Å². The summed E-state index contributed by atoms with van der Waals surface area (Å²) < 4.78 is 10.7. The highest BCUT2D eigenvalue weighted by Gasteiger charge is 2.53. The molecular weight excluding hydrogens is 256 g/mol. The number of hydrogen-bond acceptors (Lipinski definition) is 4. The maximum absolute atomic E-state index is 11.4. The average molecular weight is 282 g/mol. The summed E-state index contributed by atoms with van der Waals surface area (Å²) in [5.74, 6) is 0.500. The van der Waals surface area contributed by atoms with Crippen molar-refractivity contribution in [1.82, 2.24) is 0 Å². The minimum absolute atomic E-state index is 0.00876. The van der Waals surface area contributed by atoms with E-state index in [1.54, 1.807) is 7.11 Å². The fourth-order valence-electron chi connectivity index (χ4n) is 3.83. The molecule has 0 amide bonds. The molecule has 6 atom stereocenters. The molecule has 1 N–H and O–H groups in total. The van der Waals surface area contributed by atoms with E-state index in [-0.39, 0.29) is 30.0 Å². The lowest BCUT2D eigenvalue weighted by atomic mass is 9.80. The minimum Gasteiger partial charge on any atom is -0.368 e. The molecule has 20 heavy (non-hydrogen) atoms. The van der Waals surface area contributed by atoms with Crippen LogP contribution in [0.2, 0.25) is 0 Å². The number of allylic oxidation sites excluding steroid dienone is 2. The number of fused-ring (bicyclic) bond motifs is 1. The molecule has 4 heteroatoms. The van der Waals surface area contributed by atoms with Crippen molar-refractivity contribution < 1.29 is 19.4 Å². The molecular formula is C16H26O4. The summed E-state index contributed by atoms with van der Waals surface area (Å²) in [4.78, 5) is 11.4. The molecule has 114 valence electrons. The molecule has 0 aromatic rings. The van der Waals surface area contributed by atoms with Crippen molar-refractivity contribution in [2.75, 3.05) is 7.11 Å². The first-order valence-electron chi connectivity index (χ1n) is 7.53. The summed E-state index contributed by atoms with van der Waals surface area (Å²) >= 11 is 0. The third kappa shape index (κ3) is 3.13. The van der Waals surface area contributed by atoms with Gasteiger partial charge in [-0.25, -0.2) is 0 Å². The summed E-state index contributed by atoms with van der Waals surface area (Å²) in [6.07, 6.45) is 5.86. The van der Waals surface area contributed by atoms with Gasteiger partial charge in [-0.1, -0.05) is 11.6 Å². The number of methoxy groups -OCH3 is 1. The van der Waals surface area contributed by atoms with Gasteiger partial charge in [0.2, 0.25) is 0 Å². The van der Waals surface area contributed by atoms with E-state index in [1.165, 1.54) is 5.57 Å². The molecule has 0 aromatic heterocycles. The Bertz CT molecular complexity index is 361. The Kier molecular flexibility index (Phi) is 5.35. The van der Waals surface area contributed by atoms with Crippen LogP contribution in [0.25, 0.3) is 0 Å². The van der Waals surface area contributed by atoms with E-state index in [9.17, 15) is 9.90 Å². The number of rotatable bonds is 6. The highest BCUT2D eigenvalue weighted by molar-refractivity contribution is 5.54. The van der Waals surface area contributed by atoms with Crippen LogP contribution in [0.1, 0.15) is 39.5 Å². The van der Waals surface area contributed by atoms with Gasteiger partial charge in [0.1, 0.15) is 6.29 Å². The summed E-state index contributed by atoms with van der Waals surface area (Å²) in [6.45, 7) is 4.14. The van der Waals surface area contributed by atoms with Gasteiger partial charge in [-0.05, 0) is 45.4 Å². The molecule has 0 aromatic carbocycles. The van der Waals surface area contributed by atoms with E-state index in [2.05, 4.69) is 19.9 Å². The standard InChI is InChI=1S/C16H26O4/c1-10(2)5-4-6-11(9-17)12-7-8-13-14(12)15(18)20-16(13)19-3/h5,9,11-16,18H,4,6-8H2,1-3H3/t11-,12-,13+,14-,15-,16+/m0/s1. The van der Waals surface area contributed by atoms with Crippen LogP contribution in [-0.4, -0.2) is 31.1 Å². The van der Waals surface area contributed by atoms with Crippen molar-refractivity contribution in [1.29, 1.82) is 0 Å². The van der Waals surface area contributed by atoms with Crippen LogP contribution >= 0.6 is 0 Å². The van der Waals surface area contributed by atoms with E-state index < -0.39 is 6.29 Å². The Morgan fingerprint density at radius 1 is 1.45 bits per heavy atom. The average Bonchev–Trinajstić information content (AvgIpc) is 2.96. The third-order valence-corrected chi connectivity index (χ3v) is 4.78. The van der Waals surface area contributed by atoms with Gasteiger partial charge in [0.05, 0.1) is 0 Å². The van der Waals surface area contributed by atoms with Gasteiger partial charge in [0.25, 0.3) is 0 Å². The number of hydrogen-bond donors (Lipinski definition) is 1. The lowest BCUT2D eigenvalue weighted by Crippen LogP contribution is -2.29. The zero-order chi connectivity index (χ0) is 14.7. The van der Waals surface area contributed by atoms with Crippen LogP contribution in [0.5, 0.6) is 0 Å². The largest absolute Gasteiger partial charge is 0.368 e. The molecule has 2 rings (SSSR count). The van der Waals surface area contributed by atoms with E-state index in [0.717, 1.165) is 32.0 Å². The van der Waals surface area contributed by atoms with Crippen LogP contribution in [0, 0.1) is 23.7 Å². The van der Waals surface area contributed by atoms with Crippen molar-refractivity contribution >= 4 is 6.29 Å². The Labute approximate surface area is 121 Å². The smallest absolute Gasteiger partial charge is 0.163 e. The number of ether oxygens (including phenoxy) is 2. The molecule has 0 spiro atoms. The first kappa shape index (κ1) is 15.7. The Balaban J connectivity index is 2.00. The Morgan fingerprint density at radius 3 is 2.80 bits per heavy atom. The summed E-state index contributed by atoms with van der Waals surface area (Å²) in [5, 5.41) is 10.1. The SMILES string of the molecule is CO[C@@H]1O[C@H](O)[C@H]2[C@H]([C@H](C=O)CCC=C(C)C)CC[C@@H]12. The van der Waals surface area contributed by atoms with Crippen LogP contribution < -0.4 is 0 Å². The number of aliphatic hydroxyl groups excluding tert-OH is 1. The second-order valence-corrected chi connectivity index (χ2v) is 6.27. The molecule has 1 saturated carbocycles. The molecule has 4 nitrogen and oxygen atoms in total. The normalized spacial score (nSPS) is 37.5. The first-order chi connectivity index (χ1) is 9.58. The summed E-state index contributed by atoms with van der Waals surface area (Å²) in [6, 6.07) is 0. The third-order valence-electron chi connectivity index (χ3n) is 4.78. The van der Waals surface area contributed by atoms with E-state index in [1.807, 2.05) is 0 Å². The predicted octanol–water partition coefficient (Wildman–Crippen LogP) is 2.51. The van der Waals surface area contributed by atoms with E-state index >= 15 is 0 Å². The quantitative estimate of drug-likeness (QED) is 0.601.